The van der Waals surface area contributed by atoms with Gasteiger partial charge in [0.15, 0.2) is 0 Å². The van der Waals surface area contributed by atoms with Gasteiger partial charge in [-0.15, -0.1) is 0 Å². The van der Waals surface area contributed by atoms with Gasteiger partial charge in [0.1, 0.15) is 5.82 Å². The largest absolute Gasteiger partial charge is 0.399 e. The van der Waals surface area contributed by atoms with E-state index in [1.807, 2.05) is 0 Å². The Kier molecular flexibility index (Phi) is 2.93. The molecule has 0 aromatic heterocycles. The van der Waals surface area contributed by atoms with E-state index in [2.05, 4.69) is 5.32 Å². The lowest BCUT2D eigenvalue weighted by atomic mass is 9.94. The molecule has 1 amide bonds. The van der Waals surface area contributed by atoms with Crippen molar-refractivity contribution in [1.29, 1.82) is 0 Å². The number of carbonyl (C=O) groups is 1. The molecule has 0 spiro atoms. The van der Waals surface area contributed by atoms with Crippen molar-refractivity contribution in [3.05, 3.63) is 59.9 Å². The van der Waals surface area contributed by atoms with Crippen molar-refractivity contribution in [2.75, 3.05) is 11.1 Å². The second-order valence-corrected chi connectivity index (χ2v) is 5.14. The number of hydrogen-bond donors (Lipinski definition) is 2. The summed E-state index contributed by atoms with van der Waals surface area (Å²) in [6, 6.07) is 13.4. The third kappa shape index (κ3) is 2.13. The van der Waals surface area contributed by atoms with Gasteiger partial charge in [-0.2, -0.15) is 0 Å². The van der Waals surface area contributed by atoms with E-state index < -0.39 is 5.41 Å². The molecule has 3 N–H and O–H groups in total. The Balaban J connectivity index is 1.84. The Morgan fingerprint density at radius 3 is 2.35 bits per heavy atom. The van der Waals surface area contributed by atoms with E-state index >= 15 is 0 Å². The number of halogens is 1. The SMILES string of the molecule is Nc1ccc(NC(=O)C2(c3ccccc3F)CC2)cc1. The second-order valence-electron chi connectivity index (χ2n) is 5.14. The zero-order valence-corrected chi connectivity index (χ0v) is 10.9. The minimum atomic E-state index is -0.716. The Bertz CT molecular complexity index is 648. The maximum atomic E-state index is 13.9. The highest BCUT2D eigenvalue weighted by Gasteiger charge is 2.52. The molecule has 102 valence electrons. The van der Waals surface area contributed by atoms with Crippen molar-refractivity contribution in [3.8, 4) is 0 Å². The number of nitrogen functional groups attached to an aromatic ring is 1. The van der Waals surface area contributed by atoms with Crippen molar-refractivity contribution >= 4 is 17.3 Å². The van der Waals surface area contributed by atoms with Gasteiger partial charge in [0.05, 0.1) is 5.41 Å². The lowest BCUT2D eigenvalue weighted by Gasteiger charge is -2.16. The van der Waals surface area contributed by atoms with Crippen LogP contribution in [0.5, 0.6) is 0 Å². The minimum absolute atomic E-state index is 0.160. The molecule has 1 fully saturated rings. The molecule has 0 radical (unpaired) electrons. The van der Waals surface area contributed by atoms with E-state index in [-0.39, 0.29) is 11.7 Å². The summed E-state index contributed by atoms with van der Waals surface area (Å²) in [5.41, 5.74) is 6.68. The second kappa shape index (κ2) is 4.63. The van der Waals surface area contributed by atoms with E-state index in [0.717, 1.165) is 0 Å². The van der Waals surface area contributed by atoms with Gasteiger partial charge in [0.2, 0.25) is 5.91 Å². The van der Waals surface area contributed by atoms with Crippen LogP contribution in [-0.2, 0) is 10.2 Å². The molecule has 1 saturated carbocycles. The van der Waals surface area contributed by atoms with Crippen LogP contribution in [0, 0.1) is 5.82 Å². The van der Waals surface area contributed by atoms with Gasteiger partial charge in [-0.25, -0.2) is 4.39 Å². The average molecular weight is 270 g/mol. The van der Waals surface area contributed by atoms with Crippen LogP contribution in [0.15, 0.2) is 48.5 Å². The summed E-state index contributed by atoms with van der Waals surface area (Å²) in [5, 5.41) is 2.84. The van der Waals surface area contributed by atoms with Gasteiger partial charge in [0, 0.05) is 16.9 Å². The Morgan fingerprint density at radius 1 is 1.10 bits per heavy atom. The molecule has 4 heteroatoms. The van der Waals surface area contributed by atoms with Gasteiger partial charge in [-0.1, -0.05) is 18.2 Å². The zero-order chi connectivity index (χ0) is 14.2. The maximum Gasteiger partial charge on any atom is 0.235 e. The fourth-order valence-electron chi connectivity index (χ4n) is 2.41. The van der Waals surface area contributed by atoms with Gasteiger partial charge in [-0.05, 0) is 43.2 Å². The number of nitrogens with two attached hydrogens (primary N) is 1. The topological polar surface area (TPSA) is 55.1 Å². The van der Waals surface area contributed by atoms with Crippen molar-refractivity contribution in [2.24, 2.45) is 0 Å². The molecule has 3 rings (SSSR count). The summed E-state index contributed by atoms with van der Waals surface area (Å²) in [7, 11) is 0. The van der Waals surface area contributed by atoms with Gasteiger partial charge < -0.3 is 11.1 Å². The predicted octanol–water partition coefficient (Wildman–Crippen LogP) is 3.08. The summed E-state index contributed by atoms with van der Waals surface area (Å²) < 4.78 is 13.9. The van der Waals surface area contributed by atoms with E-state index in [0.29, 0.717) is 29.8 Å². The lowest BCUT2D eigenvalue weighted by molar-refractivity contribution is -0.118. The first-order valence-corrected chi connectivity index (χ1v) is 6.54. The van der Waals surface area contributed by atoms with E-state index in [9.17, 15) is 9.18 Å². The van der Waals surface area contributed by atoms with Crippen LogP contribution in [0.4, 0.5) is 15.8 Å². The number of nitrogens with one attached hydrogen (secondary N) is 1. The summed E-state index contributed by atoms with van der Waals surface area (Å²) in [6.07, 6.45) is 1.35. The Morgan fingerprint density at radius 2 is 1.75 bits per heavy atom. The molecule has 3 nitrogen and oxygen atoms in total. The van der Waals surface area contributed by atoms with Crippen LogP contribution in [0.3, 0.4) is 0 Å². The smallest absolute Gasteiger partial charge is 0.235 e. The van der Waals surface area contributed by atoms with Crippen molar-refractivity contribution in [2.45, 2.75) is 18.3 Å². The molecule has 1 aliphatic rings. The highest BCUT2D eigenvalue weighted by Crippen LogP contribution is 2.49. The normalized spacial score (nSPS) is 15.7. The van der Waals surface area contributed by atoms with Gasteiger partial charge >= 0.3 is 0 Å². The molecule has 0 bridgehead atoms. The number of anilines is 2. The van der Waals surface area contributed by atoms with E-state index in [1.54, 1.807) is 42.5 Å². The number of carbonyl (C=O) groups excluding carboxylic acids is 1. The highest BCUT2D eigenvalue weighted by atomic mass is 19.1. The molecular formula is C16H15FN2O. The first-order valence-electron chi connectivity index (χ1n) is 6.54. The van der Waals surface area contributed by atoms with Gasteiger partial charge in [-0.3, -0.25) is 4.79 Å². The fraction of sp³-hybridized carbons (Fsp3) is 0.188. The van der Waals surface area contributed by atoms with E-state index in [4.69, 9.17) is 5.73 Å². The molecular weight excluding hydrogens is 255 g/mol. The number of amides is 1. The number of rotatable bonds is 3. The molecule has 0 atom stereocenters. The Hall–Kier alpha value is -2.36. The molecule has 0 aliphatic heterocycles. The molecule has 0 heterocycles. The molecule has 2 aromatic carbocycles. The number of benzene rings is 2. The average Bonchev–Trinajstić information content (AvgIpc) is 3.23. The monoisotopic (exact) mass is 270 g/mol. The first-order chi connectivity index (χ1) is 9.62. The summed E-state index contributed by atoms with van der Waals surface area (Å²) >= 11 is 0. The van der Waals surface area contributed by atoms with Crippen molar-refractivity contribution in [1.82, 2.24) is 0 Å². The summed E-state index contributed by atoms with van der Waals surface area (Å²) in [4.78, 5) is 12.4. The number of hydrogen-bond acceptors (Lipinski definition) is 2. The Labute approximate surface area is 116 Å². The summed E-state index contributed by atoms with van der Waals surface area (Å²) in [6.45, 7) is 0. The van der Waals surface area contributed by atoms with E-state index in [1.165, 1.54) is 6.07 Å². The summed E-state index contributed by atoms with van der Waals surface area (Å²) in [5.74, 6) is -0.482. The van der Waals surface area contributed by atoms with Crippen LogP contribution in [-0.4, -0.2) is 5.91 Å². The quantitative estimate of drug-likeness (QED) is 0.842. The fourth-order valence-corrected chi connectivity index (χ4v) is 2.41. The van der Waals surface area contributed by atoms with Crippen LogP contribution < -0.4 is 11.1 Å². The molecule has 20 heavy (non-hydrogen) atoms. The van der Waals surface area contributed by atoms with Crippen LogP contribution in [0.1, 0.15) is 18.4 Å². The molecule has 0 unspecified atom stereocenters. The zero-order valence-electron chi connectivity index (χ0n) is 10.9. The maximum absolute atomic E-state index is 13.9. The molecule has 1 aliphatic carbocycles. The lowest BCUT2D eigenvalue weighted by Crippen LogP contribution is -2.28. The van der Waals surface area contributed by atoms with Crippen LogP contribution >= 0.6 is 0 Å². The van der Waals surface area contributed by atoms with Crippen molar-refractivity contribution in [3.63, 3.8) is 0 Å². The third-order valence-electron chi connectivity index (χ3n) is 3.74. The van der Waals surface area contributed by atoms with Gasteiger partial charge in [0.25, 0.3) is 0 Å². The minimum Gasteiger partial charge on any atom is -0.399 e. The standard InChI is InChI=1S/C16H15FN2O/c17-14-4-2-1-3-13(14)16(9-10-16)15(20)19-12-7-5-11(18)6-8-12/h1-8H,9-10,18H2,(H,19,20). The molecule has 2 aromatic rings. The van der Waals surface area contributed by atoms with Crippen LogP contribution in [0.2, 0.25) is 0 Å². The predicted molar refractivity (Wildman–Crippen MR) is 76.8 cm³/mol. The van der Waals surface area contributed by atoms with Crippen LogP contribution in [0.25, 0.3) is 0 Å². The third-order valence-corrected chi connectivity index (χ3v) is 3.74. The van der Waals surface area contributed by atoms with Crippen molar-refractivity contribution < 1.29 is 9.18 Å². The molecule has 0 saturated heterocycles. The highest BCUT2D eigenvalue weighted by molar-refractivity contribution is 6.01. The first kappa shape index (κ1) is 12.7.